The standard InChI is InChI=1S/C12H11F3N2/c1-7(16)8-2-3-10-9(4-8)5-17-6-11(10)12(13,14)15/h2-7H,16H2,1H3. The third-order valence-corrected chi connectivity index (χ3v) is 2.61. The Morgan fingerprint density at radius 3 is 2.53 bits per heavy atom. The van der Waals surface area contributed by atoms with Crippen LogP contribution in [-0.2, 0) is 6.18 Å². The molecule has 1 aromatic carbocycles. The number of hydrogen-bond acceptors (Lipinski definition) is 2. The average Bonchev–Trinajstić information content (AvgIpc) is 2.26. The number of rotatable bonds is 1. The molecule has 1 unspecified atom stereocenters. The topological polar surface area (TPSA) is 38.9 Å². The summed E-state index contributed by atoms with van der Waals surface area (Å²) in [4.78, 5) is 3.62. The van der Waals surface area contributed by atoms with Gasteiger partial charge in [0.25, 0.3) is 0 Å². The molecule has 0 bridgehead atoms. The minimum atomic E-state index is -4.39. The summed E-state index contributed by atoms with van der Waals surface area (Å²) in [5.74, 6) is 0. The van der Waals surface area contributed by atoms with Crippen LogP contribution in [0, 0.1) is 0 Å². The lowest BCUT2D eigenvalue weighted by Crippen LogP contribution is -2.08. The van der Waals surface area contributed by atoms with Gasteiger partial charge in [-0.3, -0.25) is 4.98 Å². The van der Waals surface area contributed by atoms with Gasteiger partial charge in [-0.2, -0.15) is 13.2 Å². The van der Waals surface area contributed by atoms with Crippen molar-refractivity contribution in [3.63, 3.8) is 0 Å². The summed E-state index contributed by atoms with van der Waals surface area (Å²) in [6, 6.07) is 4.48. The Balaban J connectivity index is 2.67. The van der Waals surface area contributed by atoms with Crippen molar-refractivity contribution in [2.75, 3.05) is 0 Å². The first-order valence-corrected chi connectivity index (χ1v) is 5.10. The monoisotopic (exact) mass is 240 g/mol. The Bertz CT molecular complexity index is 547. The van der Waals surface area contributed by atoms with Gasteiger partial charge in [-0.1, -0.05) is 12.1 Å². The summed E-state index contributed by atoms with van der Waals surface area (Å²) in [5.41, 5.74) is 5.76. The number of nitrogens with two attached hydrogens (primary N) is 1. The largest absolute Gasteiger partial charge is 0.418 e. The number of fused-ring (bicyclic) bond motifs is 1. The number of benzene rings is 1. The highest BCUT2D eigenvalue weighted by molar-refractivity contribution is 5.85. The van der Waals surface area contributed by atoms with Gasteiger partial charge in [0, 0.05) is 23.8 Å². The van der Waals surface area contributed by atoms with E-state index in [2.05, 4.69) is 4.98 Å². The molecule has 1 atom stereocenters. The second-order valence-corrected chi connectivity index (χ2v) is 3.95. The molecule has 90 valence electrons. The molecule has 1 heterocycles. The minimum Gasteiger partial charge on any atom is -0.324 e. The molecule has 2 nitrogen and oxygen atoms in total. The Kier molecular flexibility index (Phi) is 2.79. The molecule has 0 fully saturated rings. The predicted octanol–water partition coefficient (Wildman–Crippen LogP) is 3.27. The van der Waals surface area contributed by atoms with E-state index in [4.69, 9.17) is 5.73 Å². The van der Waals surface area contributed by atoms with Crippen molar-refractivity contribution in [2.45, 2.75) is 19.1 Å². The highest BCUT2D eigenvalue weighted by atomic mass is 19.4. The molecular formula is C12H11F3N2. The number of aromatic nitrogens is 1. The second kappa shape index (κ2) is 4.00. The number of nitrogens with zero attached hydrogens (tertiary/aromatic N) is 1. The van der Waals surface area contributed by atoms with Gasteiger partial charge in [0.15, 0.2) is 0 Å². The Morgan fingerprint density at radius 2 is 1.94 bits per heavy atom. The van der Waals surface area contributed by atoms with Gasteiger partial charge in [0.2, 0.25) is 0 Å². The van der Waals surface area contributed by atoms with Crippen LogP contribution in [0.15, 0.2) is 30.6 Å². The minimum absolute atomic E-state index is 0.150. The maximum Gasteiger partial charge on any atom is 0.418 e. The summed E-state index contributed by atoms with van der Waals surface area (Å²) in [6.07, 6.45) is -2.13. The van der Waals surface area contributed by atoms with Gasteiger partial charge in [-0.15, -0.1) is 0 Å². The second-order valence-electron chi connectivity index (χ2n) is 3.95. The maximum absolute atomic E-state index is 12.7. The van der Waals surface area contributed by atoms with Gasteiger partial charge >= 0.3 is 6.18 Å². The summed E-state index contributed by atoms with van der Waals surface area (Å²) in [6.45, 7) is 1.78. The highest BCUT2D eigenvalue weighted by Crippen LogP contribution is 2.34. The van der Waals surface area contributed by atoms with Crippen LogP contribution in [-0.4, -0.2) is 4.98 Å². The maximum atomic E-state index is 12.7. The zero-order valence-electron chi connectivity index (χ0n) is 9.12. The molecule has 17 heavy (non-hydrogen) atoms. The van der Waals surface area contributed by atoms with E-state index in [1.54, 1.807) is 19.1 Å². The van der Waals surface area contributed by atoms with Crippen molar-refractivity contribution >= 4 is 10.8 Å². The van der Waals surface area contributed by atoms with Crippen molar-refractivity contribution in [1.29, 1.82) is 0 Å². The van der Waals surface area contributed by atoms with Crippen LogP contribution >= 0.6 is 0 Å². The van der Waals surface area contributed by atoms with Crippen LogP contribution in [0.1, 0.15) is 24.1 Å². The number of halogens is 3. The molecule has 1 aromatic heterocycles. The summed E-state index contributed by atoms with van der Waals surface area (Å²) < 4.78 is 38.1. The van der Waals surface area contributed by atoms with E-state index >= 15 is 0 Å². The van der Waals surface area contributed by atoms with E-state index in [9.17, 15) is 13.2 Å². The third kappa shape index (κ3) is 2.24. The smallest absolute Gasteiger partial charge is 0.324 e. The van der Waals surface area contributed by atoms with Crippen molar-refractivity contribution in [1.82, 2.24) is 4.98 Å². The third-order valence-electron chi connectivity index (χ3n) is 2.61. The van der Waals surface area contributed by atoms with Crippen LogP contribution in [0.25, 0.3) is 10.8 Å². The number of pyridine rings is 1. The molecule has 2 N–H and O–H groups in total. The Morgan fingerprint density at radius 1 is 1.24 bits per heavy atom. The summed E-state index contributed by atoms with van der Waals surface area (Å²) in [7, 11) is 0. The van der Waals surface area contributed by atoms with E-state index in [1.807, 2.05) is 0 Å². The summed E-state index contributed by atoms with van der Waals surface area (Å²) >= 11 is 0. The molecule has 0 aliphatic rings. The van der Waals surface area contributed by atoms with Crippen molar-refractivity contribution in [2.24, 2.45) is 5.73 Å². The molecule has 0 saturated carbocycles. The Labute approximate surface area is 96.3 Å². The fourth-order valence-corrected chi connectivity index (χ4v) is 1.70. The van der Waals surface area contributed by atoms with Crippen molar-refractivity contribution in [3.05, 3.63) is 41.7 Å². The van der Waals surface area contributed by atoms with Crippen LogP contribution in [0.5, 0.6) is 0 Å². The van der Waals surface area contributed by atoms with Crippen molar-refractivity contribution in [3.8, 4) is 0 Å². The van der Waals surface area contributed by atoms with Gasteiger partial charge in [0.1, 0.15) is 0 Å². The lowest BCUT2D eigenvalue weighted by atomic mass is 10.0. The van der Waals surface area contributed by atoms with Gasteiger partial charge in [-0.05, 0) is 23.9 Å². The first-order chi connectivity index (χ1) is 7.89. The lowest BCUT2D eigenvalue weighted by Gasteiger charge is -2.11. The van der Waals surface area contributed by atoms with E-state index < -0.39 is 11.7 Å². The van der Waals surface area contributed by atoms with Crippen LogP contribution in [0.4, 0.5) is 13.2 Å². The molecule has 5 heteroatoms. The fraction of sp³-hybridized carbons (Fsp3) is 0.250. The Hall–Kier alpha value is -1.62. The first-order valence-electron chi connectivity index (χ1n) is 5.10. The van der Waals surface area contributed by atoms with Crippen LogP contribution < -0.4 is 5.73 Å². The van der Waals surface area contributed by atoms with Crippen molar-refractivity contribution < 1.29 is 13.2 Å². The molecule has 0 radical (unpaired) electrons. The lowest BCUT2D eigenvalue weighted by molar-refractivity contribution is -0.136. The molecule has 0 spiro atoms. The molecule has 0 saturated heterocycles. The number of alkyl halides is 3. The van der Waals surface area contributed by atoms with Gasteiger partial charge in [0.05, 0.1) is 5.56 Å². The van der Waals surface area contributed by atoms with E-state index in [-0.39, 0.29) is 11.4 Å². The molecule has 0 aliphatic heterocycles. The quantitative estimate of drug-likeness (QED) is 0.830. The van der Waals surface area contributed by atoms with E-state index in [0.29, 0.717) is 5.39 Å². The van der Waals surface area contributed by atoms with Gasteiger partial charge in [-0.25, -0.2) is 0 Å². The van der Waals surface area contributed by atoms with E-state index in [0.717, 1.165) is 11.8 Å². The molecular weight excluding hydrogens is 229 g/mol. The first kappa shape index (κ1) is 11.9. The summed E-state index contributed by atoms with van der Waals surface area (Å²) in [5, 5.41) is 0.603. The van der Waals surface area contributed by atoms with Gasteiger partial charge < -0.3 is 5.73 Å². The normalized spacial score (nSPS) is 13.9. The SMILES string of the molecule is CC(N)c1ccc2c(C(F)(F)F)cncc2c1. The van der Waals surface area contributed by atoms with Crippen LogP contribution in [0.2, 0.25) is 0 Å². The zero-order chi connectivity index (χ0) is 12.6. The zero-order valence-corrected chi connectivity index (χ0v) is 9.12. The van der Waals surface area contributed by atoms with Crippen LogP contribution in [0.3, 0.4) is 0 Å². The molecule has 0 aliphatic carbocycles. The van der Waals surface area contributed by atoms with E-state index in [1.165, 1.54) is 12.3 Å². The molecule has 2 rings (SSSR count). The number of hydrogen-bond donors (Lipinski definition) is 1. The predicted molar refractivity (Wildman–Crippen MR) is 59.3 cm³/mol. The highest BCUT2D eigenvalue weighted by Gasteiger charge is 2.32. The average molecular weight is 240 g/mol. The molecule has 0 amide bonds. The molecule has 2 aromatic rings. The fourth-order valence-electron chi connectivity index (χ4n) is 1.70.